The second kappa shape index (κ2) is 6.00. The van der Waals surface area contributed by atoms with E-state index in [1.54, 1.807) is 30.6 Å². The van der Waals surface area contributed by atoms with E-state index >= 15 is 0 Å². The molecule has 0 aliphatic rings. The van der Waals surface area contributed by atoms with Gasteiger partial charge in [0.1, 0.15) is 11.9 Å². The minimum Gasteiger partial charge on any atom is -0.486 e. The van der Waals surface area contributed by atoms with Crippen molar-refractivity contribution in [2.75, 3.05) is 0 Å². The average Bonchev–Trinajstić information content (AvgIpc) is 2.41. The number of pyridine rings is 1. The topological polar surface area (TPSA) is 59.4 Å². The van der Waals surface area contributed by atoms with Gasteiger partial charge in [0.05, 0.1) is 6.42 Å². The monoisotopic (exact) mass is 257 g/mol. The summed E-state index contributed by atoms with van der Waals surface area (Å²) in [6.07, 6.45) is 3.22. The van der Waals surface area contributed by atoms with E-state index < -0.39 is 5.97 Å². The molecule has 0 radical (unpaired) electrons. The number of ether oxygens (including phenoxy) is 1. The molecule has 0 fully saturated rings. The maximum Gasteiger partial charge on any atom is 0.307 e. The molecule has 0 saturated heterocycles. The Hall–Kier alpha value is -2.36. The van der Waals surface area contributed by atoms with E-state index in [0.29, 0.717) is 11.3 Å². The highest BCUT2D eigenvalue weighted by Gasteiger charge is 2.12. The van der Waals surface area contributed by atoms with Crippen molar-refractivity contribution in [3.63, 3.8) is 0 Å². The van der Waals surface area contributed by atoms with Crippen molar-refractivity contribution in [2.24, 2.45) is 0 Å². The lowest BCUT2D eigenvalue weighted by Crippen LogP contribution is -2.07. The van der Waals surface area contributed by atoms with Gasteiger partial charge >= 0.3 is 5.97 Å². The van der Waals surface area contributed by atoms with Crippen molar-refractivity contribution in [3.8, 4) is 5.75 Å². The predicted octanol–water partition coefficient (Wildman–Crippen LogP) is 2.85. The van der Waals surface area contributed by atoms with Gasteiger partial charge in [0.2, 0.25) is 0 Å². The van der Waals surface area contributed by atoms with E-state index in [-0.39, 0.29) is 12.5 Å². The molecule has 0 bridgehead atoms. The molecule has 98 valence electrons. The number of benzene rings is 1. The Kier molecular flexibility index (Phi) is 4.13. The SMILES string of the molecule is CC(Oc1ccccc1CC(=O)O)c1cccnc1. The lowest BCUT2D eigenvalue weighted by Gasteiger charge is -2.17. The van der Waals surface area contributed by atoms with E-state index in [1.807, 2.05) is 25.1 Å². The van der Waals surface area contributed by atoms with E-state index in [1.165, 1.54) is 0 Å². The van der Waals surface area contributed by atoms with Crippen molar-refractivity contribution in [3.05, 3.63) is 59.9 Å². The fourth-order valence-corrected chi connectivity index (χ4v) is 1.80. The van der Waals surface area contributed by atoms with Gasteiger partial charge in [0, 0.05) is 23.5 Å². The normalized spacial score (nSPS) is 11.8. The van der Waals surface area contributed by atoms with Gasteiger partial charge in [-0.1, -0.05) is 24.3 Å². The zero-order valence-corrected chi connectivity index (χ0v) is 10.6. The second-order valence-electron chi connectivity index (χ2n) is 4.22. The predicted molar refractivity (Wildman–Crippen MR) is 71.1 cm³/mol. The Morgan fingerprint density at radius 2 is 2.11 bits per heavy atom. The molecule has 1 aromatic heterocycles. The largest absolute Gasteiger partial charge is 0.486 e. The Labute approximate surface area is 111 Å². The molecular formula is C15H15NO3. The van der Waals surface area contributed by atoms with E-state index in [2.05, 4.69) is 4.98 Å². The third-order valence-electron chi connectivity index (χ3n) is 2.77. The number of carboxylic acids is 1. The maximum atomic E-state index is 10.8. The minimum absolute atomic E-state index is 0.0457. The highest BCUT2D eigenvalue weighted by atomic mass is 16.5. The Bertz CT molecular complexity index is 554. The van der Waals surface area contributed by atoms with Crippen LogP contribution in [0.4, 0.5) is 0 Å². The van der Waals surface area contributed by atoms with Crippen LogP contribution in [0.5, 0.6) is 5.75 Å². The summed E-state index contributed by atoms with van der Waals surface area (Å²) in [5.74, 6) is -0.272. The van der Waals surface area contributed by atoms with Crippen LogP contribution in [0.3, 0.4) is 0 Å². The molecule has 1 N–H and O–H groups in total. The van der Waals surface area contributed by atoms with E-state index in [0.717, 1.165) is 5.56 Å². The third kappa shape index (κ3) is 3.55. The quantitative estimate of drug-likeness (QED) is 0.894. The fourth-order valence-electron chi connectivity index (χ4n) is 1.80. The van der Waals surface area contributed by atoms with Gasteiger partial charge in [-0.05, 0) is 19.1 Å². The number of aliphatic carboxylic acids is 1. The van der Waals surface area contributed by atoms with Crippen LogP contribution < -0.4 is 4.74 Å². The standard InChI is InChI=1S/C15H15NO3/c1-11(13-6-4-8-16-10-13)19-14-7-3-2-5-12(14)9-15(17)18/h2-8,10-11H,9H2,1H3,(H,17,18). The van der Waals surface area contributed by atoms with Gasteiger partial charge in [0.15, 0.2) is 0 Å². The molecule has 1 heterocycles. The lowest BCUT2D eigenvalue weighted by atomic mass is 10.1. The van der Waals surface area contributed by atoms with Gasteiger partial charge in [-0.3, -0.25) is 9.78 Å². The van der Waals surface area contributed by atoms with Crippen LogP contribution in [-0.4, -0.2) is 16.1 Å². The highest BCUT2D eigenvalue weighted by Crippen LogP contribution is 2.25. The van der Waals surface area contributed by atoms with Crippen molar-refractivity contribution < 1.29 is 14.6 Å². The van der Waals surface area contributed by atoms with Gasteiger partial charge in [-0.15, -0.1) is 0 Å². The maximum absolute atomic E-state index is 10.8. The fraction of sp³-hybridized carbons (Fsp3) is 0.200. The molecule has 1 aromatic carbocycles. The van der Waals surface area contributed by atoms with Gasteiger partial charge in [-0.25, -0.2) is 0 Å². The van der Waals surface area contributed by atoms with Crippen LogP contribution in [0.15, 0.2) is 48.8 Å². The first-order valence-electron chi connectivity index (χ1n) is 6.03. The molecule has 19 heavy (non-hydrogen) atoms. The smallest absolute Gasteiger partial charge is 0.307 e. The number of hydrogen-bond donors (Lipinski definition) is 1. The Balaban J connectivity index is 2.17. The molecule has 0 aliphatic carbocycles. The summed E-state index contributed by atoms with van der Waals surface area (Å²) in [4.78, 5) is 14.9. The van der Waals surface area contributed by atoms with Crippen molar-refractivity contribution >= 4 is 5.97 Å². The first-order chi connectivity index (χ1) is 9.16. The Morgan fingerprint density at radius 1 is 1.32 bits per heavy atom. The first-order valence-corrected chi connectivity index (χ1v) is 6.03. The molecule has 0 aliphatic heterocycles. The molecule has 0 saturated carbocycles. The molecule has 4 nitrogen and oxygen atoms in total. The third-order valence-corrected chi connectivity index (χ3v) is 2.77. The summed E-state index contributed by atoms with van der Waals surface area (Å²) in [5, 5.41) is 8.88. The Morgan fingerprint density at radius 3 is 2.79 bits per heavy atom. The van der Waals surface area contributed by atoms with Crippen molar-refractivity contribution in [2.45, 2.75) is 19.4 Å². The molecule has 1 atom stereocenters. The van der Waals surface area contributed by atoms with Crippen molar-refractivity contribution in [1.29, 1.82) is 0 Å². The zero-order chi connectivity index (χ0) is 13.7. The number of nitrogens with zero attached hydrogens (tertiary/aromatic N) is 1. The molecule has 1 unspecified atom stereocenters. The molecule has 2 aromatic rings. The number of aromatic nitrogens is 1. The van der Waals surface area contributed by atoms with Crippen LogP contribution in [0.1, 0.15) is 24.2 Å². The summed E-state index contributed by atoms with van der Waals surface area (Å²) in [6.45, 7) is 1.91. The summed E-state index contributed by atoms with van der Waals surface area (Å²) in [5.41, 5.74) is 1.62. The van der Waals surface area contributed by atoms with Crippen LogP contribution in [0, 0.1) is 0 Å². The number of carboxylic acid groups (broad SMARTS) is 1. The lowest BCUT2D eigenvalue weighted by molar-refractivity contribution is -0.136. The van der Waals surface area contributed by atoms with Crippen LogP contribution in [0.2, 0.25) is 0 Å². The molecule has 4 heteroatoms. The number of carbonyl (C=O) groups is 1. The summed E-state index contributed by atoms with van der Waals surface area (Å²) in [7, 11) is 0. The summed E-state index contributed by atoms with van der Waals surface area (Å²) >= 11 is 0. The molecule has 0 amide bonds. The summed E-state index contributed by atoms with van der Waals surface area (Å²) in [6, 6.07) is 11.0. The number of para-hydroxylation sites is 1. The van der Waals surface area contributed by atoms with Gasteiger partial charge in [-0.2, -0.15) is 0 Å². The van der Waals surface area contributed by atoms with Crippen molar-refractivity contribution in [1.82, 2.24) is 4.98 Å². The van der Waals surface area contributed by atoms with Crippen LogP contribution in [-0.2, 0) is 11.2 Å². The van der Waals surface area contributed by atoms with Gasteiger partial charge in [0.25, 0.3) is 0 Å². The zero-order valence-electron chi connectivity index (χ0n) is 10.6. The van der Waals surface area contributed by atoms with E-state index in [9.17, 15) is 4.79 Å². The van der Waals surface area contributed by atoms with Crippen LogP contribution >= 0.6 is 0 Å². The number of rotatable bonds is 5. The molecule has 0 spiro atoms. The first kappa shape index (κ1) is 13.1. The molecule has 2 rings (SSSR count). The van der Waals surface area contributed by atoms with E-state index in [4.69, 9.17) is 9.84 Å². The summed E-state index contributed by atoms with van der Waals surface area (Å²) < 4.78 is 5.83. The number of hydrogen-bond acceptors (Lipinski definition) is 3. The second-order valence-corrected chi connectivity index (χ2v) is 4.22. The van der Waals surface area contributed by atoms with Gasteiger partial charge < -0.3 is 9.84 Å². The van der Waals surface area contributed by atoms with Crippen LogP contribution in [0.25, 0.3) is 0 Å². The average molecular weight is 257 g/mol. The highest BCUT2D eigenvalue weighted by molar-refractivity contribution is 5.71. The minimum atomic E-state index is -0.870. The molecular weight excluding hydrogens is 242 g/mol.